The van der Waals surface area contributed by atoms with E-state index in [1.807, 2.05) is 50.2 Å². The molecule has 1 unspecified atom stereocenters. The molecule has 3 aromatic rings. The van der Waals surface area contributed by atoms with Gasteiger partial charge in [0, 0.05) is 23.3 Å². The Kier molecular flexibility index (Phi) is 6.85. The number of rotatable bonds is 6. The maximum absolute atomic E-state index is 14.0. The lowest BCUT2D eigenvalue weighted by Crippen LogP contribution is -2.45. The van der Waals surface area contributed by atoms with Crippen LogP contribution in [0.1, 0.15) is 34.7 Å². The molecule has 0 bridgehead atoms. The van der Waals surface area contributed by atoms with Crippen LogP contribution in [0.25, 0.3) is 0 Å². The number of nitrogens with zero attached hydrogens (tertiary/aromatic N) is 2. The van der Waals surface area contributed by atoms with E-state index < -0.39 is 10.0 Å². The SMILES string of the molecule is Cc1cc(C)c(S(=O)(=O)N(CC(=O)N2c3ccccc3CC2C)Cc2ccc(Cl)cc2)c(C)c1. The highest BCUT2D eigenvalue weighted by Crippen LogP contribution is 2.33. The van der Waals surface area contributed by atoms with Crippen LogP contribution in [0.3, 0.4) is 0 Å². The number of carbonyl (C=O) groups is 1. The Balaban J connectivity index is 1.73. The van der Waals surface area contributed by atoms with Gasteiger partial charge in [0.05, 0.1) is 11.4 Å². The van der Waals surface area contributed by atoms with Crippen LogP contribution in [0, 0.1) is 20.8 Å². The monoisotopic (exact) mass is 496 g/mol. The Morgan fingerprint density at radius 1 is 1.03 bits per heavy atom. The van der Waals surface area contributed by atoms with Crippen LogP contribution in [0.15, 0.2) is 65.6 Å². The van der Waals surface area contributed by atoms with E-state index in [1.165, 1.54) is 4.31 Å². The summed E-state index contributed by atoms with van der Waals surface area (Å²) < 4.78 is 29.2. The van der Waals surface area contributed by atoms with E-state index in [2.05, 4.69) is 0 Å². The van der Waals surface area contributed by atoms with Gasteiger partial charge in [0.25, 0.3) is 0 Å². The number of aryl methyl sites for hydroxylation is 3. The predicted molar refractivity (Wildman–Crippen MR) is 137 cm³/mol. The van der Waals surface area contributed by atoms with Crippen LogP contribution >= 0.6 is 11.6 Å². The Labute approximate surface area is 207 Å². The molecule has 0 saturated carbocycles. The number of hydrogen-bond acceptors (Lipinski definition) is 3. The Bertz CT molecular complexity index is 1310. The summed E-state index contributed by atoms with van der Waals surface area (Å²) in [4.78, 5) is 15.6. The Morgan fingerprint density at radius 2 is 1.65 bits per heavy atom. The molecule has 0 N–H and O–H groups in total. The van der Waals surface area contributed by atoms with Crippen LogP contribution in [-0.4, -0.2) is 31.2 Å². The van der Waals surface area contributed by atoms with Gasteiger partial charge in [-0.05, 0) is 74.6 Å². The zero-order chi connectivity index (χ0) is 24.6. The number of amides is 1. The highest BCUT2D eigenvalue weighted by Gasteiger charge is 2.35. The van der Waals surface area contributed by atoms with Gasteiger partial charge in [-0.15, -0.1) is 0 Å². The molecule has 3 aromatic carbocycles. The molecule has 1 atom stereocenters. The molecule has 0 radical (unpaired) electrons. The van der Waals surface area contributed by atoms with Crippen molar-refractivity contribution in [1.82, 2.24) is 4.31 Å². The predicted octanol–water partition coefficient (Wildman–Crippen LogP) is 5.43. The highest BCUT2D eigenvalue weighted by molar-refractivity contribution is 7.89. The number of fused-ring (bicyclic) bond motifs is 1. The summed E-state index contributed by atoms with van der Waals surface area (Å²) in [5, 5.41) is 0.571. The van der Waals surface area contributed by atoms with Gasteiger partial charge in [0.15, 0.2) is 0 Å². The average Bonchev–Trinajstić information content (AvgIpc) is 3.09. The summed E-state index contributed by atoms with van der Waals surface area (Å²) in [5.74, 6) is -0.239. The van der Waals surface area contributed by atoms with E-state index in [9.17, 15) is 13.2 Å². The Hall–Kier alpha value is -2.67. The second-order valence-electron chi connectivity index (χ2n) is 9.07. The molecular weight excluding hydrogens is 468 g/mol. The fourth-order valence-electron chi connectivity index (χ4n) is 4.89. The van der Waals surface area contributed by atoms with E-state index in [1.54, 1.807) is 43.0 Å². The minimum Gasteiger partial charge on any atom is -0.308 e. The number of carbonyl (C=O) groups excluding carboxylic acids is 1. The minimum absolute atomic E-state index is 0.0344. The summed E-state index contributed by atoms with van der Waals surface area (Å²) in [5.41, 5.74) is 5.05. The Morgan fingerprint density at radius 3 is 2.29 bits per heavy atom. The first-order valence-corrected chi connectivity index (χ1v) is 13.1. The maximum atomic E-state index is 14.0. The van der Waals surface area contributed by atoms with Crippen molar-refractivity contribution >= 4 is 33.2 Å². The van der Waals surface area contributed by atoms with Crippen molar-refractivity contribution in [2.45, 2.75) is 51.6 Å². The van der Waals surface area contributed by atoms with Gasteiger partial charge in [-0.3, -0.25) is 4.79 Å². The molecule has 178 valence electrons. The summed E-state index contributed by atoms with van der Waals surface area (Å²) in [7, 11) is -3.95. The summed E-state index contributed by atoms with van der Waals surface area (Å²) in [6, 6.07) is 18.5. The molecule has 1 amide bonds. The van der Waals surface area contributed by atoms with Crippen molar-refractivity contribution in [3.05, 3.63) is 93.5 Å². The van der Waals surface area contributed by atoms with Crippen molar-refractivity contribution in [3.63, 3.8) is 0 Å². The first-order chi connectivity index (χ1) is 16.1. The number of hydrogen-bond donors (Lipinski definition) is 0. The van der Waals surface area contributed by atoms with E-state index in [0.29, 0.717) is 16.1 Å². The number of para-hydroxylation sites is 1. The first kappa shape index (κ1) is 24.5. The molecule has 7 heteroatoms. The molecule has 0 fully saturated rings. The molecule has 0 aliphatic carbocycles. The molecule has 1 aliphatic heterocycles. The molecule has 1 aliphatic rings. The fourth-order valence-corrected chi connectivity index (χ4v) is 6.81. The fraction of sp³-hybridized carbons (Fsp3) is 0.296. The van der Waals surface area contributed by atoms with Crippen LogP contribution in [0.5, 0.6) is 0 Å². The van der Waals surface area contributed by atoms with Crippen LogP contribution < -0.4 is 4.90 Å². The topological polar surface area (TPSA) is 57.7 Å². The standard InChI is InChI=1S/C27H29ClN2O3S/c1-18-13-19(2)27(20(3)14-18)34(32,33)29(16-22-9-11-24(28)12-10-22)17-26(31)30-21(4)15-23-7-5-6-8-25(23)30/h5-14,21H,15-17H2,1-4H3. The lowest BCUT2D eigenvalue weighted by molar-refractivity contribution is -0.119. The molecule has 0 spiro atoms. The third kappa shape index (κ3) is 4.76. The summed E-state index contributed by atoms with van der Waals surface area (Å²) in [6.45, 7) is 7.35. The summed E-state index contributed by atoms with van der Waals surface area (Å²) >= 11 is 6.03. The number of anilines is 1. The normalized spacial score (nSPS) is 15.6. The second kappa shape index (κ2) is 9.53. The highest BCUT2D eigenvalue weighted by atomic mass is 35.5. The van der Waals surface area contributed by atoms with E-state index >= 15 is 0 Å². The third-order valence-corrected chi connectivity index (χ3v) is 8.61. The smallest absolute Gasteiger partial charge is 0.244 e. The molecule has 1 heterocycles. The average molecular weight is 497 g/mol. The van der Waals surface area contributed by atoms with Gasteiger partial charge < -0.3 is 4.90 Å². The first-order valence-electron chi connectivity index (χ1n) is 11.3. The van der Waals surface area contributed by atoms with Crippen molar-refractivity contribution in [2.75, 3.05) is 11.4 Å². The van der Waals surface area contributed by atoms with Crippen LogP contribution in [0.2, 0.25) is 5.02 Å². The number of sulfonamides is 1. The van der Waals surface area contributed by atoms with E-state index in [0.717, 1.165) is 28.8 Å². The van der Waals surface area contributed by atoms with Crippen molar-refractivity contribution < 1.29 is 13.2 Å². The zero-order valence-electron chi connectivity index (χ0n) is 19.9. The van der Waals surface area contributed by atoms with Gasteiger partial charge in [0.1, 0.15) is 0 Å². The summed E-state index contributed by atoms with van der Waals surface area (Å²) in [6.07, 6.45) is 0.752. The lowest BCUT2D eigenvalue weighted by atomic mass is 10.1. The van der Waals surface area contributed by atoms with Crippen molar-refractivity contribution in [3.8, 4) is 0 Å². The van der Waals surface area contributed by atoms with Gasteiger partial charge in [0.2, 0.25) is 15.9 Å². The van der Waals surface area contributed by atoms with E-state index in [4.69, 9.17) is 11.6 Å². The lowest BCUT2D eigenvalue weighted by Gasteiger charge is -2.28. The molecule has 34 heavy (non-hydrogen) atoms. The molecule has 0 aromatic heterocycles. The van der Waals surface area contributed by atoms with Gasteiger partial charge in [-0.2, -0.15) is 4.31 Å². The van der Waals surface area contributed by atoms with E-state index in [-0.39, 0.29) is 29.9 Å². The third-order valence-electron chi connectivity index (χ3n) is 6.26. The zero-order valence-corrected chi connectivity index (χ0v) is 21.4. The van der Waals surface area contributed by atoms with Crippen LogP contribution in [-0.2, 0) is 27.8 Å². The molecule has 5 nitrogen and oxygen atoms in total. The number of benzene rings is 3. The largest absolute Gasteiger partial charge is 0.308 e. The van der Waals surface area contributed by atoms with Gasteiger partial charge in [-0.25, -0.2) is 8.42 Å². The van der Waals surface area contributed by atoms with Gasteiger partial charge in [-0.1, -0.05) is 59.6 Å². The van der Waals surface area contributed by atoms with Gasteiger partial charge >= 0.3 is 0 Å². The quantitative estimate of drug-likeness (QED) is 0.457. The molecule has 4 rings (SSSR count). The minimum atomic E-state index is -3.95. The van der Waals surface area contributed by atoms with Crippen LogP contribution in [0.4, 0.5) is 5.69 Å². The second-order valence-corrected chi connectivity index (χ2v) is 11.4. The van der Waals surface area contributed by atoms with Crippen molar-refractivity contribution in [2.24, 2.45) is 0 Å². The van der Waals surface area contributed by atoms with Crippen molar-refractivity contribution in [1.29, 1.82) is 0 Å². The number of halogens is 1. The maximum Gasteiger partial charge on any atom is 0.244 e. The molecular formula is C27H29ClN2O3S. The molecule has 0 saturated heterocycles.